The lowest BCUT2D eigenvalue weighted by Gasteiger charge is -2.26. The summed E-state index contributed by atoms with van der Waals surface area (Å²) in [5, 5.41) is 9.12. The number of anilines is 1. The molecule has 6 heteroatoms. The molecule has 2 rings (SSSR count). The summed E-state index contributed by atoms with van der Waals surface area (Å²) < 4.78 is 27.1. The molecule has 0 saturated carbocycles. The lowest BCUT2D eigenvalue weighted by Crippen LogP contribution is -2.34. The number of hydrogen-bond acceptors (Lipinski definition) is 3. The monoisotopic (exact) mass is 333 g/mol. The van der Waals surface area contributed by atoms with Crippen LogP contribution in [0.15, 0.2) is 59.5 Å². The predicted molar refractivity (Wildman–Crippen MR) is 89.2 cm³/mol. The summed E-state index contributed by atoms with van der Waals surface area (Å²) in [5.41, 5.74) is 0.405. The van der Waals surface area contributed by atoms with Crippen molar-refractivity contribution >= 4 is 21.7 Å². The second-order valence-electron chi connectivity index (χ2n) is 5.60. The van der Waals surface area contributed by atoms with Crippen LogP contribution in [0.25, 0.3) is 0 Å². The Labute approximate surface area is 136 Å². The van der Waals surface area contributed by atoms with Crippen molar-refractivity contribution in [1.29, 1.82) is 0 Å². The van der Waals surface area contributed by atoms with Gasteiger partial charge in [-0.25, -0.2) is 13.2 Å². The highest BCUT2D eigenvalue weighted by Gasteiger charge is 2.26. The van der Waals surface area contributed by atoms with Gasteiger partial charge in [0.15, 0.2) is 0 Å². The largest absolute Gasteiger partial charge is 0.478 e. The molecule has 122 valence electrons. The fourth-order valence-corrected chi connectivity index (χ4v) is 3.83. The molecule has 5 nitrogen and oxygen atoms in total. The van der Waals surface area contributed by atoms with Crippen molar-refractivity contribution in [2.24, 2.45) is 5.92 Å². The Morgan fingerprint density at radius 2 is 1.74 bits per heavy atom. The number of benzene rings is 2. The molecular formula is C17H19NO4S. The van der Waals surface area contributed by atoms with E-state index < -0.39 is 16.0 Å². The molecule has 0 spiro atoms. The molecule has 0 atom stereocenters. The number of rotatable bonds is 6. The van der Waals surface area contributed by atoms with Crippen LogP contribution >= 0.6 is 0 Å². The summed E-state index contributed by atoms with van der Waals surface area (Å²) in [6.07, 6.45) is 0. The zero-order valence-corrected chi connectivity index (χ0v) is 13.8. The molecule has 0 fully saturated rings. The van der Waals surface area contributed by atoms with E-state index in [9.17, 15) is 13.2 Å². The number of carboxylic acids is 1. The second-order valence-corrected chi connectivity index (χ2v) is 7.46. The van der Waals surface area contributed by atoms with Crippen molar-refractivity contribution in [2.75, 3.05) is 10.8 Å². The normalized spacial score (nSPS) is 11.4. The number of nitrogens with zero attached hydrogens (tertiary/aromatic N) is 1. The third-order valence-corrected chi connectivity index (χ3v) is 5.05. The number of carbonyl (C=O) groups is 1. The Bertz CT molecular complexity index is 785. The van der Waals surface area contributed by atoms with Gasteiger partial charge in [-0.15, -0.1) is 0 Å². The number of sulfonamides is 1. The molecule has 0 unspecified atom stereocenters. The van der Waals surface area contributed by atoms with Gasteiger partial charge in [0.1, 0.15) is 0 Å². The molecule has 23 heavy (non-hydrogen) atoms. The maximum absolute atomic E-state index is 12.9. The maximum atomic E-state index is 12.9. The molecule has 0 radical (unpaired) electrons. The lowest BCUT2D eigenvalue weighted by molar-refractivity contribution is 0.0697. The highest BCUT2D eigenvalue weighted by atomic mass is 32.2. The van der Waals surface area contributed by atoms with E-state index in [2.05, 4.69) is 0 Å². The quantitative estimate of drug-likeness (QED) is 0.880. The van der Waals surface area contributed by atoms with E-state index in [-0.39, 0.29) is 22.9 Å². The van der Waals surface area contributed by atoms with Crippen LogP contribution in [0.1, 0.15) is 24.2 Å². The van der Waals surface area contributed by atoms with Gasteiger partial charge in [-0.3, -0.25) is 4.31 Å². The number of carboxylic acid groups (broad SMARTS) is 1. The zero-order valence-electron chi connectivity index (χ0n) is 13.0. The molecule has 0 aromatic heterocycles. The van der Waals surface area contributed by atoms with Gasteiger partial charge in [0.2, 0.25) is 0 Å². The van der Waals surface area contributed by atoms with Crippen LogP contribution in [0.3, 0.4) is 0 Å². The van der Waals surface area contributed by atoms with Gasteiger partial charge in [-0.05, 0) is 36.2 Å². The van der Waals surface area contributed by atoms with Crippen LogP contribution < -0.4 is 4.31 Å². The van der Waals surface area contributed by atoms with E-state index in [4.69, 9.17) is 5.11 Å². The van der Waals surface area contributed by atoms with Gasteiger partial charge in [0, 0.05) is 6.54 Å². The summed E-state index contributed by atoms with van der Waals surface area (Å²) in [6.45, 7) is 4.09. The number of hydrogen-bond donors (Lipinski definition) is 1. The van der Waals surface area contributed by atoms with Crippen molar-refractivity contribution < 1.29 is 18.3 Å². The van der Waals surface area contributed by atoms with Crippen LogP contribution in [0, 0.1) is 5.92 Å². The minimum atomic E-state index is -3.75. The first-order chi connectivity index (χ1) is 10.8. The topological polar surface area (TPSA) is 74.7 Å². The van der Waals surface area contributed by atoms with E-state index in [1.54, 1.807) is 30.3 Å². The highest BCUT2D eigenvalue weighted by molar-refractivity contribution is 7.92. The minimum absolute atomic E-state index is 0.0551. The van der Waals surface area contributed by atoms with Gasteiger partial charge >= 0.3 is 5.97 Å². The zero-order chi connectivity index (χ0) is 17.0. The summed E-state index contributed by atoms with van der Waals surface area (Å²) in [5.74, 6) is -1.00. The van der Waals surface area contributed by atoms with Crippen LogP contribution in [0.5, 0.6) is 0 Å². The Hall–Kier alpha value is -2.34. The Kier molecular flexibility index (Phi) is 5.05. The third-order valence-electron chi connectivity index (χ3n) is 3.24. The average Bonchev–Trinajstić information content (AvgIpc) is 2.53. The number of aromatic carboxylic acids is 1. The van der Waals surface area contributed by atoms with Crippen LogP contribution in [0.2, 0.25) is 0 Å². The van der Waals surface area contributed by atoms with Gasteiger partial charge in [-0.1, -0.05) is 38.1 Å². The van der Waals surface area contributed by atoms with E-state index in [0.717, 1.165) is 0 Å². The maximum Gasteiger partial charge on any atom is 0.335 e. The molecule has 0 aliphatic heterocycles. The molecule has 0 bridgehead atoms. The van der Waals surface area contributed by atoms with Crippen LogP contribution in [-0.4, -0.2) is 26.0 Å². The molecule has 0 aliphatic rings. The summed E-state index contributed by atoms with van der Waals surface area (Å²) in [4.78, 5) is 11.3. The Morgan fingerprint density at radius 3 is 2.30 bits per heavy atom. The molecule has 0 heterocycles. The van der Waals surface area contributed by atoms with Gasteiger partial charge in [-0.2, -0.15) is 0 Å². The van der Waals surface area contributed by atoms with Crippen LogP contribution in [-0.2, 0) is 10.0 Å². The van der Waals surface area contributed by atoms with E-state index in [1.165, 1.54) is 28.6 Å². The van der Waals surface area contributed by atoms with Crippen molar-refractivity contribution in [3.8, 4) is 0 Å². The van der Waals surface area contributed by atoms with Gasteiger partial charge < -0.3 is 5.11 Å². The molecule has 2 aromatic carbocycles. The molecule has 0 aliphatic carbocycles. The smallest absolute Gasteiger partial charge is 0.335 e. The van der Waals surface area contributed by atoms with E-state index >= 15 is 0 Å². The average molecular weight is 333 g/mol. The van der Waals surface area contributed by atoms with Crippen molar-refractivity contribution in [2.45, 2.75) is 18.7 Å². The van der Waals surface area contributed by atoms with Crippen molar-refractivity contribution in [1.82, 2.24) is 0 Å². The third kappa shape index (κ3) is 3.90. The second kappa shape index (κ2) is 6.83. The minimum Gasteiger partial charge on any atom is -0.478 e. The molecular weight excluding hydrogens is 314 g/mol. The Balaban J connectivity index is 2.54. The molecule has 0 saturated heterocycles. The first-order valence-electron chi connectivity index (χ1n) is 7.23. The highest BCUT2D eigenvalue weighted by Crippen LogP contribution is 2.25. The van der Waals surface area contributed by atoms with Gasteiger partial charge in [0.05, 0.1) is 16.1 Å². The van der Waals surface area contributed by atoms with E-state index in [1.807, 2.05) is 13.8 Å². The van der Waals surface area contributed by atoms with Crippen LogP contribution in [0.4, 0.5) is 5.69 Å². The van der Waals surface area contributed by atoms with E-state index in [0.29, 0.717) is 5.69 Å². The first-order valence-corrected chi connectivity index (χ1v) is 8.67. The fourth-order valence-electron chi connectivity index (χ4n) is 2.19. The molecule has 2 aromatic rings. The molecule has 1 N–H and O–H groups in total. The lowest BCUT2D eigenvalue weighted by atomic mass is 10.2. The summed E-state index contributed by atoms with van der Waals surface area (Å²) in [6, 6.07) is 14.1. The van der Waals surface area contributed by atoms with Crippen molar-refractivity contribution in [3.63, 3.8) is 0 Å². The Morgan fingerprint density at radius 1 is 1.09 bits per heavy atom. The molecule has 0 amide bonds. The fraction of sp³-hybridized carbons (Fsp3) is 0.235. The standard InChI is InChI=1S/C17H19NO4S/c1-13(2)12-18(15-8-6-7-14(11-15)17(19)20)23(21,22)16-9-4-3-5-10-16/h3-11,13H,12H2,1-2H3,(H,19,20). The first kappa shape index (κ1) is 17.0. The predicted octanol–water partition coefficient (Wildman–Crippen LogP) is 3.24. The SMILES string of the molecule is CC(C)CN(c1cccc(C(=O)O)c1)S(=O)(=O)c1ccccc1. The summed E-state index contributed by atoms with van der Waals surface area (Å²) in [7, 11) is -3.75. The summed E-state index contributed by atoms with van der Waals surface area (Å²) >= 11 is 0. The van der Waals surface area contributed by atoms with Gasteiger partial charge in [0.25, 0.3) is 10.0 Å². The van der Waals surface area contributed by atoms with Crippen molar-refractivity contribution in [3.05, 3.63) is 60.2 Å².